The average Bonchev–Trinajstić information content (AvgIpc) is 2.98. The average molecular weight is 417 g/mol. The number of benzene rings is 1. The first kappa shape index (κ1) is 20.5. The Morgan fingerprint density at radius 1 is 1.13 bits per heavy atom. The maximum Gasteiger partial charge on any atom is 0.344 e. The Bertz CT molecular complexity index is 798. The van der Waals surface area contributed by atoms with Crippen molar-refractivity contribution >= 4 is 23.5 Å². The second kappa shape index (κ2) is 8.51. The lowest BCUT2D eigenvalue weighted by Crippen LogP contribution is -3.16. The first-order chi connectivity index (χ1) is 14.5. The molecule has 1 spiro atoms. The topological polar surface area (TPSA) is 95.4 Å². The fourth-order valence-electron chi connectivity index (χ4n) is 4.66. The molecule has 0 atom stereocenters. The van der Waals surface area contributed by atoms with Gasteiger partial charge in [-0.05, 0) is 37.1 Å². The van der Waals surface area contributed by atoms with Crippen molar-refractivity contribution in [3.8, 4) is 5.75 Å². The molecule has 2 aliphatic heterocycles. The van der Waals surface area contributed by atoms with Crippen LogP contribution in [0.25, 0.3) is 0 Å². The van der Waals surface area contributed by atoms with Crippen LogP contribution < -0.4 is 25.3 Å². The van der Waals surface area contributed by atoms with Crippen LogP contribution in [0.4, 0.5) is 10.5 Å². The number of carbonyl (C=O) groups is 3. The maximum atomic E-state index is 12.8. The van der Waals surface area contributed by atoms with Crippen molar-refractivity contribution in [1.29, 1.82) is 0 Å². The number of methoxy groups -OCH3 is 1. The molecule has 0 unspecified atom stereocenters. The zero-order chi connectivity index (χ0) is 21.1. The molecular formula is C21H30N5O4+. The minimum absolute atomic E-state index is 0.237. The van der Waals surface area contributed by atoms with Crippen molar-refractivity contribution in [1.82, 2.24) is 15.8 Å². The third kappa shape index (κ3) is 4.07. The number of amides is 4. The molecule has 1 saturated carbocycles. The van der Waals surface area contributed by atoms with E-state index in [4.69, 9.17) is 4.74 Å². The standard InChI is InChI=1S/C21H29N5O4/c1-30-17-7-5-16(6-8-17)25-13-11-24(12-14-25)15-18(27)23-26-19(28)21(22-20(26)29)9-3-2-4-10-21/h5-8H,2-4,9-15H2,1H3,(H,22,29)(H,23,27)/p+1. The largest absolute Gasteiger partial charge is 0.497 e. The Labute approximate surface area is 176 Å². The van der Waals surface area contributed by atoms with E-state index < -0.39 is 11.6 Å². The van der Waals surface area contributed by atoms with E-state index in [1.807, 2.05) is 24.3 Å². The van der Waals surface area contributed by atoms with Gasteiger partial charge in [-0.15, -0.1) is 0 Å². The second-order valence-corrected chi connectivity index (χ2v) is 8.36. The molecule has 1 aromatic carbocycles. The number of urea groups is 1. The van der Waals surface area contributed by atoms with E-state index in [1.54, 1.807) is 7.11 Å². The molecule has 0 aromatic heterocycles. The van der Waals surface area contributed by atoms with Gasteiger partial charge in [0, 0.05) is 5.69 Å². The van der Waals surface area contributed by atoms with Crippen LogP contribution in [0.15, 0.2) is 24.3 Å². The highest BCUT2D eigenvalue weighted by Crippen LogP contribution is 2.32. The number of rotatable bonds is 5. The van der Waals surface area contributed by atoms with E-state index in [-0.39, 0.29) is 18.4 Å². The Morgan fingerprint density at radius 3 is 2.43 bits per heavy atom. The van der Waals surface area contributed by atoms with Gasteiger partial charge in [-0.2, -0.15) is 5.01 Å². The number of nitrogens with zero attached hydrogens (tertiary/aromatic N) is 2. The molecule has 4 amide bonds. The summed E-state index contributed by atoms with van der Waals surface area (Å²) in [5.74, 6) is 0.203. The quantitative estimate of drug-likeness (QED) is 0.572. The molecule has 2 saturated heterocycles. The van der Waals surface area contributed by atoms with Crippen LogP contribution in [0.1, 0.15) is 32.1 Å². The van der Waals surface area contributed by atoms with E-state index in [0.717, 1.165) is 66.8 Å². The summed E-state index contributed by atoms with van der Waals surface area (Å²) >= 11 is 0. The van der Waals surface area contributed by atoms with Crippen molar-refractivity contribution in [3.63, 3.8) is 0 Å². The summed E-state index contributed by atoms with van der Waals surface area (Å²) in [6.07, 6.45) is 4.18. The number of ether oxygens (including phenoxy) is 1. The van der Waals surface area contributed by atoms with Crippen molar-refractivity contribution < 1.29 is 24.0 Å². The Balaban J connectivity index is 1.27. The highest BCUT2D eigenvalue weighted by molar-refractivity contribution is 6.08. The molecule has 2 heterocycles. The fraction of sp³-hybridized carbons (Fsp3) is 0.571. The molecule has 0 radical (unpaired) electrons. The number of hydrogen-bond donors (Lipinski definition) is 3. The highest BCUT2D eigenvalue weighted by atomic mass is 16.5. The maximum absolute atomic E-state index is 12.8. The smallest absolute Gasteiger partial charge is 0.344 e. The lowest BCUT2D eigenvalue weighted by molar-refractivity contribution is -0.892. The third-order valence-corrected chi connectivity index (χ3v) is 6.42. The molecule has 0 bridgehead atoms. The van der Waals surface area contributed by atoms with Crippen LogP contribution in [0.5, 0.6) is 5.75 Å². The molecule has 1 aliphatic carbocycles. The number of carbonyl (C=O) groups excluding carboxylic acids is 3. The summed E-state index contributed by atoms with van der Waals surface area (Å²) in [6.45, 7) is 3.52. The molecule has 30 heavy (non-hydrogen) atoms. The zero-order valence-corrected chi connectivity index (χ0v) is 17.4. The van der Waals surface area contributed by atoms with Crippen LogP contribution in [0, 0.1) is 0 Å². The number of hydrogen-bond acceptors (Lipinski definition) is 5. The molecule has 9 nitrogen and oxygen atoms in total. The number of piperazine rings is 1. The Morgan fingerprint density at radius 2 is 1.80 bits per heavy atom. The van der Waals surface area contributed by atoms with Crippen LogP contribution >= 0.6 is 0 Å². The number of quaternary nitrogens is 1. The molecule has 4 rings (SSSR count). The van der Waals surface area contributed by atoms with Crippen LogP contribution in [0.3, 0.4) is 0 Å². The van der Waals surface area contributed by atoms with Crippen molar-refractivity contribution in [2.75, 3.05) is 44.7 Å². The summed E-state index contributed by atoms with van der Waals surface area (Å²) in [6, 6.07) is 7.44. The van der Waals surface area contributed by atoms with Crippen LogP contribution in [-0.2, 0) is 9.59 Å². The molecule has 3 N–H and O–H groups in total. The van der Waals surface area contributed by atoms with Gasteiger partial charge in [0.1, 0.15) is 11.3 Å². The SMILES string of the molecule is COc1ccc(N2CC[NH+](CC(=O)NN3C(=O)NC4(CCCCC4)C3=O)CC2)cc1. The minimum Gasteiger partial charge on any atom is -0.497 e. The summed E-state index contributed by atoms with van der Waals surface area (Å²) < 4.78 is 5.20. The van der Waals surface area contributed by atoms with Gasteiger partial charge in [0.2, 0.25) is 0 Å². The van der Waals surface area contributed by atoms with Gasteiger partial charge in [0.15, 0.2) is 6.54 Å². The van der Waals surface area contributed by atoms with Crippen molar-refractivity contribution in [2.24, 2.45) is 0 Å². The molecule has 9 heteroatoms. The molecule has 1 aromatic rings. The summed E-state index contributed by atoms with van der Waals surface area (Å²) in [5, 5.41) is 3.70. The number of anilines is 1. The summed E-state index contributed by atoms with van der Waals surface area (Å²) in [5.41, 5.74) is 2.85. The van der Waals surface area contributed by atoms with E-state index >= 15 is 0 Å². The van der Waals surface area contributed by atoms with Gasteiger partial charge < -0.3 is 19.9 Å². The molecule has 3 fully saturated rings. The van der Waals surface area contributed by atoms with E-state index in [0.29, 0.717) is 12.8 Å². The lowest BCUT2D eigenvalue weighted by atomic mass is 9.82. The van der Waals surface area contributed by atoms with Crippen LogP contribution in [-0.4, -0.2) is 68.2 Å². The minimum atomic E-state index is -0.820. The normalized spacial score (nSPS) is 21.6. The van der Waals surface area contributed by atoms with Gasteiger partial charge in [0.05, 0.1) is 33.3 Å². The molecule has 3 aliphatic rings. The van der Waals surface area contributed by atoms with Gasteiger partial charge in [-0.25, -0.2) is 4.79 Å². The van der Waals surface area contributed by atoms with Gasteiger partial charge in [-0.1, -0.05) is 19.3 Å². The summed E-state index contributed by atoms with van der Waals surface area (Å²) in [7, 11) is 1.65. The van der Waals surface area contributed by atoms with Crippen LogP contribution in [0.2, 0.25) is 0 Å². The number of imide groups is 1. The predicted molar refractivity (Wildman–Crippen MR) is 110 cm³/mol. The number of nitrogens with one attached hydrogen (secondary N) is 3. The van der Waals surface area contributed by atoms with E-state index in [1.165, 1.54) is 0 Å². The fourth-order valence-corrected chi connectivity index (χ4v) is 4.66. The highest BCUT2D eigenvalue weighted by Gasteiger charge is 2.52. The number of hydrazine groups is 1. The Hall–Kier alpha value is -2.81. The first-order valence-corrected chi connectivity index (χ1v) is 10.7. The third-order valence-electron chi connectivity index (χ3n) is 6.42. The monoisotopic (exact) mass is 416 g/mol. The van der Waals surface area contributed by atoms with Crippen molar-refractivity contribution in [2.45, 2.75) is 37.6 Å². The second-order valence-electron chi connectivity index (χ2n) is 8.36. The van der Waals surface area contributed by atoms with Gasteiger partial charge >= 0.3 is 6.03 Å². The first-order valence-electron chi connectivity index (χ1n) is 10.7. The Kier molecular flexibility index (Phi) is 5.80. The lowest BCUT2D eigenvalue weighted by Gasteiger charge is -2.33. The zero-order valence-electron chi connectivity index (χ0n) is 17.4. The van der Waals surface area contributed by atoms with Crippen molar-refractivity contribution in [3.05, 3.63) is 24.3 Å². The van der Waals surface area contributed by atoms with Gasteiger partial charge in [-0.3, -0.25) is 15.0 Å². The summed E-state index contributed by atoms with van der Waals surface area (Å²) in [4.78, 5) is 41.0. The molecular weight excluding hydrogens is 386 g/mol. The van der Waals surface area contributed by atoms with E-state index in [9.17, 15) is 14.4 Å². The molecule has 162 valence electrons. The van der Waals surface area contributed by atoms with E-state index in [2.05, 4.69) is 15.6 Å². The predicted octanol–water partition coefficient (Wildman–Crippen LogP) is -0.314. The van der Waals surface area contributed by atoms with Gasteiger partial charge in [0.25, 0.3) is 11.8 Å².